The van der Waals surface area contributed by atoms with Gasteiger partial charge in [-0.25, -0.2) is 18.1 Å². The van der Waals surface area contributed by atoms with Gasteiger partial charge in [-0.2, -0.15) is 0 Å². The molecule has 0 bridgehead atoms. The van der Waals surface area contributed by atoms with Gasteiger partial charge in [0.1, 0.15) is 5.69 Å². The van der Waals surface area contributed by atoms with Crippen LogP contribution in [-0.2, 0) is 10.0 Å². The first-order valence-corrected chi connectivity index (χ1v) is 8.65. The van der Waals surface area contributed by atoms with Crippen LogP contribution in [-0.4, -0.2) is 32.4 Å². The van der Waals surface area contributed by atoms with Crippen molar-refractivity contribution in [1.82, 2.24) is 15.0 Å². The Morgan fingerprint density at radius 1 is 1.04 bits per heavy atom. The maximum Gasteiger partial charge on any atom is 0.269 e. The molecule has 2 N–H and O–H groups in total. The molecule has 122 valence electrons. The SMILES string of the molecule is Cc1ccc(S(=O)(=O)NCCNC(=O)c2cccc(C)n2)cc1. The second kappa shape index (κ2) is 7.34. The summed E-state index contributed by atoms with van der Waals surface area (Å²) in [6.45, 7) is 3.97. The predicted octanol–water partition coefficient (Wildman–Crippen LogP) is 1.41. The zero-order valence-corrected chi connectivity index (χ0v) is 13.9. The fourth-order valence-electron chi connectivity index (χ4n) is 1.92. The van der Waals surface area contributed by atoms with Crippen LogP contribution in [0.25, 0.3) is 0 Å². The van der Waals surface area contributed by atoms with Crippen molar-refractivity contribution in [3.8, 4) is 0 Å². The summed E-state index contributed by atoms with van der Waals surface area (Å²) in [7, 11) is -3.56. The van der Waals surface area contributed by atoms with Gasteiger partial charge in [-0.1, -0.05) is 23.8 Å². The predicted molar refractivity (Wildman–Crippen MR) is 87.7 cm³/mol. The Balaban J connectivity index is 1.85. The maximum atomic E-state index is 12.1. The third-order valence-electron chi connectivity index (χ3n) is 3.15. The maximum absolute atomic E-state index is 12.1. The molecule has 0 radical (unpaired) electrons. The molecular weight excluding hydrogens is 314 g/mol. The summed E-state index contributed by atoms with van der Waals surface area (Å²) < 4.78 is 26.6. The number of amides is 1. The van der Waals surface area contributed by atoms with Gasteiger partial charge in [0.05, 0.1) is 4.90 Å². The summed E-state index contributed by atoms with van der Waals surface area (Å²) in [6.07, 6.45) is 0. The summed E-state index contributed by atoms with van der Waals surface area (Å²) in [6, 6.07) is 11.7. The van der Waals surface area contributed by atoms with Gasteiger partial charge in [0.2, 0.25) is 10.0 Å². The number of rotatable bonds is 6. The summed E-state index contributed by atoms with van der Waals surface area (Å²) in [5.41, 5.74) is 2.05. The van der Waals surface area contributed by atoms with Crippen molar-refractivity contribution < 1.29 is 13.2 Å². The highest BCUT2D eigenvalue weighted by molar-refractivity contribution is 7.89. The smallest absolute Gasteiger partial charge is 0.269 e. The Morgan fingerprint density at radius 3 is 2.39 bits per heavy atom. The third-order valence-corrected chi connectivity index (χ3v) is 4.63. The highest BCUT2D eigenvalue weighted by Crippen LogP contribution is 2.09. The number of sulfonamides is 1. The molecule has 6 nitrogen and oxygen atoms in total. The highest BCUT2D eigenvalue weighted by Gasteiger charge is 2.13. The van der Waals surface area contributed by atoms with E-state index in [2.05, 4.69) is 15.0 Å². The first-order valence-electron chi connectivity index (χ1n) is 7.17. The van der Waals surface area contributed by atoms with Crippen LogP contribution in [0.5, 0.6) is 0 Å². The van der Waals surface area contributed by atoms with Crippen LogP contribution in [0.3, 0.4) is 0 Å². The van der Waals surface area contributed by atoms with E-state index in [4.69, 9.17) is 0 Å². The van der Waals surface area contributed by atoms with Crippen molar-refractivity contribution in [1.29, 1.82) is 0 Å². The monoisotopic (exact) mass is 333 g/mol. The van der Waals surface area contributed by atoms with E-state index in [0.29, 0.717) is 5.69 Å². The van der Waals surface area contributed by atoms with E-state index >= 15 is 0 Å². The summed E-state index contributed by atoms with van der Waals surface area (Å²) in [4.78, 5) is 16.2. The largest absolute Gasteiger partial charge is 0.349 e. The van der Waals surface area contributed by atoms with Crippen molar-refractivity contribution in [3.63, 3.8) is 0 Å². The minimum atomic E-state index is -3.56. The molecule has 0 aliphatic heterocycles. The molecule has 0 saturated carbocycles. The number of nitrogens with zero attached hydrogens (tertiary/aromatic N) is 1. The molecule has 0 fully saturated rings. The molecule has 1 heterocycles. The molecule has 1 aromatic heterocycles. The van der Waals surface area contributed by atoms with Crippen LogP contribution in [0.2, 0.25) is 0 Å². The number of nitrogens with one attached hydrogen (secondary N) is 2. The van der Waals surface area contributed by atoms with Crippen molar-refractivity contribution in [2.24, 2.45) is 0 Å². The molecule has 23 heavy (non-hydrogen) atoms. The Bertz CT molecular complexity index is 786. The van der Waals surface area contributed by atoms with Crippen LogP contribution in [0.15, 0.2) is 47.4 Å². The van der Waals surface area contributed by atoms with Gasteiger partial charge in [-0.15, -0.1) is 0 Å². The number of carbonyl (C=O) groups excluding carboxylic acids is 1. The lowest BCUT2D eigenvalue weighted by molar-refractivity contribution is 0.0949. The second-order valence-corrected chi connectivity index (χ2v) is 6.90. The lowest BCUT2D eigenvalue weighted by Crippen LogP contribution is -2.35. The van der Waals surface area contributed by atoms with Crippen molar-refractivity contribution in [2.75, 3.05) is 13.1 Å². The van der Waals surface area contributed by atoms with Gasteiger partial charge >= 0.3 is 0 Å². The molecule has 0 unspecified atom stereocenters. The second-order valence-electron chi connectivity index (χ2n) is 5.13. The Morgan fingerprint density at radius 2 is 1.74 bits per heavy atom. The minimum Gasteiger partial charge on any atom is -0.349 e. The van der Waals surface area contributed by atoms with Gasteiger partial charge < -0.3 is 5.32 Å². The lowest BCUT2D eigenvalue weighted by Gasteiger charge is -2.08. The van der Waals surface area contributed by atoms with Gasteiger partial charge in [-0.3, -0.25) is 4.79 Å². The molecule has 0 aliphatic carbocycles. The molecule has 1 aromatic carbocycles. The quantitative estimate of drug-likeness (QED) is 0.782. The molecule has 2 rings (SSSR count). The van der Waals surface area contributed by atoms with Crippen LogP contribution in [0.1, 0.15) is 21.7 Å². The number of hydrogen-bond donors (Lipinski definition) is 2. The van der Waals surface area contributed by atoms with Crippen molar-refractivity contribution >= 4 is 15.9 Å². The average molecular weight is 333 g/mol. The van der Waals surface area contributed by atoms with Gasteiger partial charge in [0.25, 0.3) is 5.91 Å². The van der Waals surface area contributed by atoms with E-state index in [0.717, 1.165) is 11.3 Å². The van der Waals surface area contributed by atoms with Gasteiger partial charge in [-0.05, 0) is 38.1 Å². The Labute approximate surface area is 136 Å². The summed E-state index contributed by atoms with van der Waals surface area (Å²) in [5, 5.41) is 2.63. The fraction of sp³-hybridized carbons (Fsp3) is 0.250. The number of benzene rings is 1. The average Bonchev–Trinajstić information content (AvgIpc) is 2.52. The highest BCUT2D eigenvalue weighted by atomic mass is 32.2. The van der Waals surface area contributed by atoms with Gasteiger partial charge in [0.15, 0.2) is 0 Å². The van der Waals surface area contributed by atoms with E-state index in [9.17, 15) is 13.2 Å². The molecule has 2 aromatic rings. The van der Waals surface area contributed by atoms with Crippen LogP contribution in [0, 0.1) is 13.8 Å². The molecular formula is C16H19N3O3S. The minimum absolute atomic E-state index is 0.105. The molecule has 0 saturated heterocycles. The van der Waals surface area contributed by atoms with Crippen molar-refractivity contribution in [2.45, 2.75) is 18.7 Å². The topological polar surface area (TPSA) is 88.2 Å². The standard InChI is InChI=1S/C16H19N3O3S/c1-12-6-8-14(9-7-12)23(21,22)18-11-10-17-16(20)15-5-3-4-13(2)19-15/h3-9,18H,10-11H2,1-2H3,(H,17,20). The normalized spacial score (nSPS) is 11.2. The lowest BCUT2D eigenvalue weighted by atomic mass is 10.2. The van der Waals surface area contributed by atoms with Crippen LogP contribution in [0.4, 0.5) is 0 Å². The summed E-state index contributed by atoms with van der Waals surface area (Å²) in [5.74, 6) is -0.330. The Kier molecular flexibility index (Phi) is 5.46. The molecule has 1 amide bonds. The van der Waals surface area contributed by atoms with Crippen LogP contribution < -0.4 is 10.0 Å². The number of pyridine rings is 1. The van der Waals surface area contributed by atoms with E-state index in [1.807, 2.05) is 6.92 Å². The fourth-order valence-corrected chi connectivity index (χ4v) is 2.95. The molecule has 0 aliphatic rings. The van der Waals surface area contributed by atoms with E-state index in [1.54, 1.807) is 49.4 Å². The Hall–Kier alpha value is -2.25. The number of aromatic nitrogens is 1. The first kappa shape index (κ1) is 17.1. The number of hydrogen-bond acceptors (Lipinski definition) is 4. The zero-order chi connectivity index (χ0) is 16.9. The molecule has 7 heteroatoms. The van der Waals surface area contributed by atoms with Crippen molar-refractivity contribution in [3.05, 3.63) is 59.4 Å². The molecule has 0 spiro atoms. The van der Waals surface area contributed by atoms with Gasteiger partial charge in [0, 0.05) is 18.8 Å². The molecule has 0 atom stereocenters. The third kappa shape index (κ3) is 4.87. The van der Waals surface area contributed by atoms with Crippen LogP contribution >= 0.6 is 0 Å². The number of aryl methyl sites for hydroxylation is 2. The van der Waals surface area contributed by atoms with E-state index in [1.165, 1.54) is 0 Å². The van der Waals surface area contributed by atoms with E-state index < -0.39 is 10.0 Å². The first-order chi connectivity index (χ1) is 10.9. The van der Waals surface area contributed by atoms with E-state index in [-0.39, 0.29) is 23.9 Å². The number of carbonyl (C=O) groups is 1. The summed E-state index contributed by atoms with van der Waals surface area (Å²) >= 11 is 0. The zero-order valence-electron chi connectivity index (χ0n) is 13.0.